The summed E-state index contributed by atoms with van der Waals surface area (Å²) in [5, 5.41) is 2.55. The van der Waals surface area contributed by atoms with Crippen LogP contribution in [-0.2, 0) is 0 Å². The van der Waals surface area contributed by atoms with E-state index in [1.807, 2.05) is 5.38 Å². The van der Waals surface area contributed by atoms with Crippen LogP contribution in [-0.4, -0.2) is 40.0 Å². The van der Waals surface area contributed by atoms with Gasteiger partial charge in [-0.15, -0.1) is 0 Å². The van der Waals surface area contributed by atoms with Crippen LogP contribution in [0.15, 0.2) is 36.1 Å². The lowest BCUT2D eigenvalue weighted by molar-refractivity contribution is 0.0772. The number of likely N-dealkylation sites (tertiary alicyclic amines) is 1. The normalized spacial score (nSPS) is 18.5. The topological polar surface area (TPSA) is 55.3 Å². The molecule has 0 radical (unpaired) electrons. The summed E-state index contributed by atoms with van der Waals surface area (Å²) in [6, 6.07) is 3.55. The van der Waals surface area contributed by atoms with E-state index in [4.69, 9.17) is 4.74 Å². The molecule has 1 unspecified atom stereocenters. The number of carbonyl (C=O) groups is 1. The number of ether oxygens (including phenoxy) is 1. The molecule has 0 aliphatic carbocycles. The molecule has 1 atom stereocenters. The number of pyridine rings is 1. The second-order valence-electron chi connectivity index (χ2n) is 4.32. The molecule has 1 amide bonds. The van der Waals surface area contributed by atoms with Gasteiger partial charge in [0.15, 0.2) is 0 Å². The number of nitrogens with zero attached hydrogens (tertiary/aromatic N) is 3. The van der Waals surface area contributed by atoms with Crippen LogP contribution in [0, 0.1) is 0 Å². The first-order chi connectivity index (χ1) is 9.33. The van der Waals surface area contributed by atoms with Crippen molar-refractivity contribution in [2.24, 2.45) is 0 Å². The average molecular weight is 275 g/mol. The number of carbonyl (C=O) groups excluding carboxylic acids is 1. The molecule has 1 fully saturated rings. The SMILES string of the molecule is O=C(c1cccnc1)N1CCC(Oc2nccs2)C1. The maximum absolute atomic E-state index is 12.2. The molecule has 19 heavy (non-hydrogen) atoms. The standard InChI is InChI=1S/C13H13N3O2S/c17-12(10-2-1-4-14-8-10)16-6-3-11(9-16)18-13-15-5-7-19-13/h1-2,4-5,7-8,11H,3,6,9H2. The molecule has 0 saturated carbocycles. The van der Waals surface area contributed by atoms with Gasteiger partial charge in [0.25, 0.3) is 11.1 Å². The lowest BCUT2D eigenvalue weighted by Crippen LogP contribution is -2.30. The van der Waals surface area contributed by atoms with Crippen molar-refractivity contribution >= 4 is 17.2 Å². The number of thiazole rings is 1. The van der Waals surface area contributed by atoms with Gasteiger partial charge in [-0.2, -0.15) is 0 Å². The van der Waals surface area contributed by atoms with E-state index in [2.05, 4.69) is 9.97 Å². The number of hydrogen-bond acceptors (Lipinski definition) is 5. The van der Waals surface area contributed by atoms with Crippen LogP contribution in [0.3, 0.4) is 0 Å². The Morgan fingerprint density at radius 2 is 2.42 bits per heavy atom. The van der Waals surface area contributed by atoms with Gasteiger partial charge in [-0.25, -0.2) is 4.98 Å². The minimum Gasteiger partial charge on any atom is -0.465 e. The molecular formula is C13H13N3O2S. The van der Waals surface area contributed by atoms with E-state index in [-0.39, 0.29) is 12.0 Å². The van der Waals surface area contributed by atoms with Gasteiger partial charge >= 0.3 is 0 Å². The molecule has 6 heteroatoms. The largest absolute Gasteiger partial charge is 0.465 e. The molecular weight excluding hydrogens is 262 g/mol. The first-order valence-electron chi connectivity index (χ1n) is 6.08. The summed E-state index contributed by atoms with van der Waals surface area (Å²) in [4.78, 5) is 22.1. The third kappa shape index (κ3) is 2.73. The van der Waals surface area contributed by atoms with Crippen LogP contribution < -0.4 is 4.74 Å². The fraction of sp³-hybridized carbons (Fsp3) is 0.308. The fourth-order valence-corrected chi connectivity index (χ4v) is 2.64. The van der Waals surface area contributed by atoms with Crippen LogP contribution in [0.5, 0.6) is 5.19 Å². The predicted molar refractivity (Wildman–Crippen MR) is 71.3 cm³/mol. The smallest absolute Gasteiger partial charge is 0.273 e. The summed E-state index contributed by atoms with van der Waals surface area (Å²) in [6.45, 7) is 1.32. The third-order valence-corrected chi connectivity index (χ3v) is 3.68. The van der Waals surface area contributed by atoms with Crippen molar-refractivity contribution < 1.29 is 9.53 Å². The van der Waals surface area contributed by atoms with Gasteiger partial charge in [0.05, 0.1) is 12.1 Å². The van der Waals surface area contributed by atoms with Crippen molar-refractivity contribution in [3.63, 3.8) is 0 Å². The predicted octanol–water partition coefficient (Wildman–Crippen LogP) is 1.83. The van der Waals surface area contributed by atoms with E-state index in [1.165, 1.54) is 11.3 Å². The lowest BCUT2D eigenvalue weighted by atomic mass is 10.2. The first kappa shape index (κ1) is 12.1. The molecule has 98 valence electrons. The first-order valence-corrected chi connectivity index (χ1v) is 6.96. The Balaban J connectivity index is 1.61. The maximum Gasteiger partial charge on any atom is 0.273 e. The monoisotopic (exact) mass is 275 g/mol. The number of rotatable bonds is 3. The van der Waals surface area contributed by atoms with E-state index in [0.717, 1.165) is 6.42 Å². The molecule has 2 aromatic heterocycles. The number of aromatic nitrogens is 2. The molecule has 1 aliphatic heterocycles. The maximum atomic E-state index is 12.2. The van der Waals surface area contributed by atoms with Gasteiger partial charge in [-0.3, -0.25) is 9.78 Å². The zero-order valence-corrected chi connectivity index (χ0v) is 11.0. The summed E-state index contributed by atoms with van der Waals surface area (Å²) >= 11 is 1.47. The summed E-state index contributed by atoms with van der Waals surface area (Å²) in [5.41, 5.74) is 0.623. The highest BCUT2D eigenvalue weighted by Crippen LogP contribution is 2.21. The molecule has 0 aromatic carbocycles. The van der Waals surface area contributed by atoms with E-state index in [1.54, 1.807) is 35.6 Å². The molecule has 1 saturated heterocycles. The number of amides is 1. The summed E-state index contributed by atoms with van der Waals surface area (Å²) in [5.74, 6) is 0.0124. The summed E-state index contributed by atoms with van der Waals surface area (Å²) < 4.78 is 5.73. The zero-order chi connectivity index (χ0) is 13.1. The van der Waals surface area contributed by atoms with Crippen LogP contribution in [0.4, 0.5) is 0 Å². The van der Waals surface area contributed by atoms with Gasteiger partial charge in [0.2, 0.25) is 0 Å². The van der Waals surface area contributed by atoms with E-state index < -0.39 is 0 Å². The van der Waals surface area contributed by atoms with Gasteiger partial charge in [-0.1, -0.05) is 11.3 Å². The highest BCUT2D eigenvalue weighted by Gasteiger charge is 2.28. The van der Waals surface area contributed by atoms with Gasteiger partial charge < -0.3 is 9.64 Å². The minimum absolute atomic E-state index is 0.0124. The molecule has 2 aromatic rings. The van der Waals surface area contributed by atoms with E-state index in [9.17, 15) is 4.79 Å². The van der Waals surface area contributed by atoms with E-state index >= 15 is 0 Å². The third-order valence-electron chi connectivity index (χ3n) is 3.02. The minimum atomic E-state index is 0.0124. The molecule has 0 spiro atoms. The molecule has 3 heterocycles. The molecule has 5 nitrogen and oxygen atoms in total. The Hall–Kier alpha value is -1.95. The quantitative estimate of drug-likeness (QED) is 0.857. The molecule has 1 aliphatic rings. The lowest BCUT2D eigenvalue weighted by Gasteiger charge is -2.16. The summed E-state index contributed by atoms with van der Waals surface area (Å²) in [6.07, 6.45) is 5.85. The van der Waals surface area contributed by atoms with Gasteiger partial charge in [-0.05, 0) is 12.1 Å². The van der Waals surface area contributed by atoms with Gasteiger partial charge in [0.1, 0.15) is 6.10 Å². The molecule has 0 bridgehead atoms. The van der Waals surface area contributed by atoms with Crippen LogP contribution in [0.1, 0.15) is 16.8 Å². The Labute approximate surface area is 114 Å². The van der Waals surface area contributed by atoms with E-state index in [0.29, 0.717) is 23.8 Å². The second kappa shape index (κ2) is 5.36. The van der Waals surface area contributed by atoms with Crippen molar-refractivity contribution in [1.29, 1.82) is 0 Å². The van der Waals surface area contributed by atoms with Crippen molar-refractivity contribution in [1.82, 2.24) is 14.9 Å². The second-order valence-corrected chi connectivity index (χ2v) is 5.18. The highest BCUT2D eigenvalue weighted by atomic mass is 32.1. The zero-order valence-electron chi connectivity index (χ0n) is 10.2. The molecule has 3 rings (SSSR count). The fourth-order valence-electron chi connectivity index (χ4n) is 2.09. The Morgan fingerprint density at radius 3 is 3.16 bits per heavy atom. The van der Waals surface area contributed by atoms with Crippen molar-refractivity contribution in [2.75, 3.05) is 13.1 Å². The van der Waals surface area contributed by atoms with Crippen molar-refractivity contribution in [3.05, 3.63) is 41.7 Å². The van der Waals surface area contributed by atoms with Crippen molar-refractivity contribution in [3.8, 4) is 5.19 Å². The number of hydrogen-bond donors (Lipinski definition) is 0. The Kier molecular flexibility index (Phi) is 3.41. The van der Waals surface area contributed by atoms with Gasteiger partial charge in [0, 0.05) is 36.9 Å². The molecule has 0 N–H and O–H groups in total. The summed E-state index contributed by atoms with van der Waals surface area (Å²) in [7, 11) is 0. The average Bonchev–Trinajstić information content (AvgIpc) is 3.11. The van der Waals surface area contributed by atoms with Crippen LogP contribution in [0.2, 0.25) is 0 Å². The van der Waals surface area contributed by atoms with Crippen LogP contribution >= 0.6 is 11.3 Å². The van der Waals surface area contributed by atoms with Crippen LogP contribution in [0.25, 0.3) is 0 Å². The highest BCUT2D eigenvalue weighted by molar-refractivity contribution is 7.11. The van der Waals surface area contributed by atoms with Crippen molar-refractivity contribution in [2.45, 2.75) is 12.5 Å². The Morgan fingerprint density at radius 1 is 1.47 bits per heavy atom. The Bertz CT molecular complexity index is 544.